The zero-order valence-corrected chi connectivity index (χ0v) is 12.7. The maximum absolute atomic E-state index is 6.09. The molecule has 0 spiro atoms. The van der Waals surface area contributed by atoms with Crippen LogP contribution in [-0.2, 0) is 11.2 Å². The Morgan fingerprint density at radius 1 is 1.18 bits per heavy atom. The van der Waals surface area contributed by atoms with Gasteiger partial charge in [0.1, 0.15) is 5.82 Å². The third kappa shape index (κ3) is 2.82. The van der Waals surface area contributed by atoms with Gasteiger partial charge in [-0.15, -0.1) is 0 Å². The number of nitrogen functional groups attached to an aromatic ring is 2. The fraction of sp³-hybridized carbons (Fsp3) is 0.375. The first-order valence-corrected chi connectivity index (χ1v) is 7.54. The van der Waals surface area contributed by atoms with E-state index in [9.17, 15) is 0 Å². The SMILES string of the molecule is CCc1nc(N)nc(N)c1-c1cccc(N2CCOCC2)c1. The fourth-order valence-electron chi connectivity index (χ4n) is 2.80. The summed E-state index contributed by atoms with van der Waals surface area (Å²) in [4.78, 5) is 10.7. The Morgan fingerprint density at radius 3 is 2.68 bits per heavy atom. The highest BCUT2D eigenvalue weighted by molar-refractivity contribution is 5.79. The van der Waals surface area contributed by atoms with Crippen molar-refractivity contribution >= 4 is 17.5 Å². The van der Waals surface area contributed by atoms with Crippen LogP contribution in [0.5, 0.6) is 0 Å². The Morgan fingerprint density at radius 2 is 1.95 bits per heavy atom. The lowest BCUT2D eigenvalue weighted by Crippen LogP contribution is -2.36. The summed E-state index contributed by atoms with van der Waals surface area (Å²) in [6.45, 7) is 5.36. The molecule has 1 fully saturated rings. The third-order valence-corrected chi connectivity index (χ3v) is 3.88. The highest BCUT2D eigenvalue weighted by atomic mass is 16.5. The Bertz CT molecular complexity index is 668. The van der Waals surface area contributed by atoms with Crippen LogP contribution < -0.4 is 16.4 Å². The quantitative estimate of drug-likeness (QED) is 0.896. The molecule has 22 heavy (non-hydrogen) atoms. The first kappa shape index (κ1) is 14.6. The largest absolute Gasteiger partial charge is 0.383 e. The number of hydrogen-bond acceptors (Lipinski definition) is 6. The number of hydrogen-bond donors (Lipinski definition) is 2. The molecule has 0 bridgehead atoms. The van der Waals surface area contributed by atoms with E-state index in [1.807, 2.05) is 19.1 Å². The van der Waals surface area contributed by atoms with E-state index in [0.717, 1.165) is 49.5 Å². The Kier molecular flexibility index (Phi) is 4.11. The minimum absolute atomic E-state index is 0.224. The third-order valence-electron chi connectivity index (χ3n) is 3.88. The van der Waals surface area contributed by atoms with Crippen molar-refractivity contribution in [2.75, 3.05) is 42.7 Å². The predicted octanol–water partition coefficient (Wildman–Crippen LogP) is 1.71. The minimum Gasteiger partial charge on any atom is -0.383 e. The summed E-state index contributed by atoms with van der Waals surface area (Å²) >= 11 is 0. The predicted molar refractivity (Wildman–Crippen MR) is 88.7 cm³/mol. The molecule has 1 aliphatic heterocycles. The van der Waals surface area contributed by atoms with E-state index in [1.54, 1.807) is 0 Å². The van der Waals surface area contributed by atoms with E-state index in [0.29, 0.717) is 5.82 Å². The summed E-state index contributed by atoms with van der Waals surface area (Å²) in [5, 5.41) is 0. The molecular formula is C16H21N5O. The van der Waals surface area contributed by atoms with Crippen LogP contribution in [0.25, 0.3) is 11.1 Å². The molecule has 6 nitrogen and oxygen atoms in total. The van der Waals surface area contributed by atoms with Gasteiger partial charge in [-0.1, -0.05) is 19.1 Å². The standard InChI is InChI=1S/C16H21N5O/c1-2-13-14(15(17)20-16(18)19-13)11-4-3-5-12(10-11)21-6-8-22-9-7-21/h3-5,10H,2,6-9H2,1H3,(H4,17,18,19,20). The summed E-state index contributed by atoms with van der Waals surface area (Å²) in [5.41, 5.74) is 15.8. The van der Waals surface area contributed by atoms with Gasteiger partial charge in [0.2, 0.25) is 5.95 Å². The number of rotatable bonds is 3. The Hall–Kier alpha value is -2.34. The average molecular weight is 299 g/mol. The normalized spacial score (nSPS) is 15.0. The molecule has 2 aromatic rings. The number of morpholine rings is 1. The second kappa shape index (κ2) is 6.19. The van der Waals surface area contributed by atoms with E-state index < -0.39 is 0 Å². The number of anilines is 3. The molecule has 0 atom stereocenters. The summed E-state index contributed by atoms with van der Waals surface area (Å²) in [6.07, 6.45) is 0.758. The topological polar surface area (TPSA) is 90.3 Å². The molecule has 0 aliphatic carbocycles. The van der Waals surface area contributed by atoms with Crippen molar-refractivity contribution in [2.45, 2.75) is 13.3 Å². The maximum atomic E-state index is 6.09. The van der Waals surface area contributed by atoms with Gasteiger partial charge in [-0.05, 0) is 24.1 Å². The fourth-order valence-corrected chi connectivity index (χ4v) is 2.80. The molecule has 1 aromatic heterocycles. The first-order chi connectivity index (χ1) is 10.7. The van der Waals surface area contributed by atoms with Crippen LogP contribution in [-0.4, -0.2) is 36.3 Å². The van der Waals surface area contributed by atoms with Crippen LogP contribution in [0.2, 0.25) is 0 Å². The average Bonchev–Trinajstić information content (AvgIpc) is 2.55. The van der Waals surface area contributed by atoms with Gasteiger partial charge in [0.05, 0.1) is 18.9 Å². The van der Waals surface area contributed by atoms with Gasteiger partial charge in [0.15, 0.2) is 0 Å². The van der Waals surface area contributed by atoms with Gasteiger partial charge in [-0.2, -0.15) is 4.98 Å². The molecule has 3 rings (SSSR count). The maximum Gasteiger partial charge on any atom is 0.222 e. The van der Waals surface area contributed by atoms with Gasteiger partial charge in [-0.3, -0.25) is 0 Å². The Balaban J connectivity index is 2.02. The number of ether oxygens (including phenoxy) is 1. The van der Waals surface area contributed by atoms with Crippen molar-refractivity contribution < 1.29 is 4.74 Å². The lowest BCUT2D eigenvalue weighted by Gasteiger charge is -2.29. The van der Waals surface area contributed by atoms with E-state index in [2.05, 4.69) is 27.0 Å². The van der Waals surface area contributed by atoms with E-state index >= 15 is 0 Å². The monoisotopic (exact) mass is 299 g/mol. The van der Waals surface area contributed by atoms with Gasteiger partial charge < -0.3 is 21.1 Å². The van der Waals surface area contributed by atoms with Crippen molar-refractivity contribution in [1.29, 1.82) is 0 Å². The summed E-state index contributed by atoms with van der Waals surface area (Å²) in [5.74, 6) is 0.658. The highest BCUT2D eigenvalue weighted by Gasteiger charge is 2.15. The zero-order chi connectivity index (χ0) is 15.5. The van der Waals surface area contributed by atoms with Gasteiger partial charge in [0, 0.05) is 24.3 Å². The molecule has 0 radical (unpaired) electrons. The highest BCUT2D eigenvalue weighted by Crippen LogP contribution is 2.31. The van der Waals surface area contributed by atoms with Crippen LogP contribution in [0.1, 0.15) is 12.6 Å². The molecule has 0 saturated carbocycles. The molecule has 6 heteroatoms. The number of nitrogens with zero attached hydrogens (tertiary/aromatic N) is 3. The van der Waals surface area contributed by atoms with Crippen molar-refractivity contribution in [2.24, 2.45) is 0 Å². The van der Waals surface area contributed by atoms with Crippen LogP contribution >= 0.6 is 0 Å². The Labute approximate surface area is 130 Å². The molecule has 1 saturated heterocycles. The van der Waals surface area contributed by atoms with Crippen molar-refractivity contribution in [3.8, 4) is 11.1 Å². The number of benzene rings is 1. The molecule has 0 unspecified atom stereocenters. The van der Waals surface area contributed by atoms with Crippen LogP contribution in [0, 0.1) is 0 Å². The lowest BCUT2D eigenvalue weighted by atomic mass is 10.0. The number of nitrogens with two attached hydrogens (primary N) is 2. The number of aromatic nitrogens is 2. The first-order valence-electron chi connectivity index (χ1n) is 7.54. The van der Waals surface area contributed by atoms with Gasteiger partial charge in [-0.25, -0.2) is 4.98 Å². The second-order valence-electron chi connectivity index (χ2n) is 5.29. The number of aryl methyl sites for hydroxylation is 1. The molecule has 2 heterocycles. The van der Waals surface area contributed by atoms with E-state index in [1.165, 1.54) is 5.69 Å². The van der Waals surface area contributed by atoms with Crippen LogP contribution in [0.3, 0.4) is 0 Å². The van der Waals surface area contributed by atoms with E-state index in [-0.39, 0.29) is 5.95 Å². The summed E-state index contributed by atoms with van der Waals surface area (Å²) < 4.78 is 5.41. The minimum atomic E-state index is 0.224. The summed E-state index contributed by atoms with van der Waals surface area (Å²) in [7, 11) is 0. The van der Waals surface area contributed by atoms with Gasteiger partial charge in [0.25, 0.3) is 0 Å². The molecule has 1 aromatic carbocycles. The van der Waals surface area contributed by atoms with Crippen molar-refractivity contribution in [3.05, 3.63) is 30.0 Å². The van der Waals surface area contributed by atoms with Crippen molar-refractivity contribution in [1.82, 2.24) is 9.97 Å². The summed E-state index contributed by atoms with van der Waals surface area (Å²) in [6, 6.07) is 8.31. The molecule has 1 aliphatic rings. The smallest absolute Gasteiger partial charge is 0.222 e. The van der Waals surface area contributed by atoms with Crippen molar-refractivity contribution in [3.63, 3.8) is 0 Å². The van der Waals surface area contributed by atoms with E-state index in [4.69, 9.17) is 16.2 Å². The van der Waals surface area contributed by atoms with Crippen LogP contribution in [0.4, 0.5) is 17.5 Å². The molecule has 0 amide bonds. The lowest BCUT2D eigenvalue weighted by molar-refractivity contribution is 0.122. The van der Waals surface area contributed by atoms with Gasteiger partial charge >= 0.3 is 0 Å². The molecular weight excluding hydrogens is 278 g/mol. The zero-order valence-electron chi connectivity index (χ0n) is 12.7. The second-order valence-corrected chi connectivity index (χ2v) is 5.29. The van der Waals surface area contributed by atoms with Crippen LogP contribution in [0.15, 0.2) is 24.3 Å². The molecule has 116 valence electrons. The molecule has 4 N–H and O–H groups in total.